The van der Waals surface area contributed by atoms with E-state index in [1.54, 1.807) is 6.07 Å². The van der Waals surface area contributed by atoms with E-state index in [1.807, 2.05) is 0 Å². The highest BCUT2D eigenvalue weighted by atomic mass is 35.5. The highest BCUT2D eigenvalue weighted by Crippen LogP contribution is 2.30. The van der Waals surface area contributed by atoms with E-state index in [1.165, 1.54) is 43.9 Å². The fraction of sp³-hybridized carbons (Fsp3) is 0.273. The van der Waals surface area contributed by atoms with Crippen molar-refractivity contribution < 1.29 is 19.0 Å². The summed E-state index contributed by atoms with van der Waals surface area (Å²) in [6.07, 6.45) is 6.65. The van der Waals surface area contributed by atoms with Crippen molar-refractivity contribution in [2.75, 3.05) is 25.6 Å². The minimum Gasteiger partial charge on any atom is -0.491 e. The Kier molecular flexibility index (Phi) is 8.29. The monoisotopic (exact) mass is 459 g/mol. The van der Waals surface area contributed by atoms with Crippen molar-refractivity contribution in [2.45, 2.75) is 19.3 Å². The quantitative estimate of drug-likeness (QED) is 0.393. The number of amides is 1. The Labute approximate surface area is 189 Å². The number of hydrogen-bond donors (Lipinski definition) is 3. The van der Waals surface area contributed by atoms with Crippen LogP contribution in [0.5, 0.6) is 5.75 Å². The van der Waals surface area contributed by atoms with Gasteiger partial charge in [-0.15, -0.1) is 0 Å². The number of carbonyl (C=O) groups excluding carboxylic acids is 1. The Morgan fingerprint density at radius 1 is 1.22 bits per heavy atom. The normalized spacial score (nSPS) is 10.6. The third-order valence-corrected chi connectivity index (χ3v) is 4.82. The minimum absolute atomic E-state index is 0.109. The number of methoxy groups -OCH3 is 1. The van der Waals surface area contributed by atoms with Gasteiger partial charge in [0.25, 0.3) is 5.91 Å². The molecule has 1 amide bonds. The van der Waals surface area contributed by atoms with Crippen LogP contribution < -0.4 is 15.4 Å². The summed E-state index contributed by atoms with van der Waals surface area (Å²) in [4.78, 5) is 25.2. The van der Waals surface area contributed by atoms with Crippen LogP contribution in [0.15, 0.2) is 42.9 Å². The molecule has 2 aromatic heterocycles. The number of nitrogens with zero attached hydrogens (tertiary/aromatic N) is 3. The van der Waals surface area contributed by atoms with Crippen LogP contribution in [-0.4, -0.2) is 46.2 Å². The summed E-state index contributed by atoms with van der Waals surface area (Å²) in [6.45, 7) is 0.606. The van der Waals surface area contributed by atoms with Crippen LogP contribution >= 0.6 is 11.6 Å². The molecule has 168 valence electrons. The summed E-state index contributed by atoms with van der Waals surface area (Å²) in [5.74, 6) is -0.157. The number of aliphatic hydroxyl groups excluding tert-OH is 1. The molecule has 0 radical (unpaired) electrons. The van der Waals surface area contributed by atoms with Gasteiger partial charge in [0, 0.05) is 30.6 Å². The second kappa shape index (κ2) is 11.4. The average molecular weight is 460 g/mol. The van der Waals surface area contributed by atoms with Gasteiger partial charge in [-0.2, -0.15) is 0 Å². The number of aromatic nitrogens is 3. The zero-order chi connectivity index (χ0) is 22.9. The summed E-state index contributed by atoms with van der Waals surface area (Å²) in [5, 5.41) is 15.1. The van der Waals surface area contributed by atoms with E-state index in [0.29, 0.717) is 35.0 Å². The second-order valence-electron chi connectivity index (χ2n) is 6.82. The first-order chi connectivity index (χ1) is 15.5. The third-order valence-electron chi connectivity index (χ3n) is 4.58. The Balaban J connectivity index is 1.85. The molecule has 0 aliphatic rings. The van der Waals surface area contributed by atoms with Crippen LogP contribution in [0.4, 0.5) is 15.9 Å². The molecule has 0 bridgehead atoms. The van der Waals surface area contributed by atoms with Gasteiger partial charge in [-0.1, -0.05) is 11.6 Å². The molecule has 0 saturated heterocycles. The number of rotatable bonds is 10. The van der Waals surface area contributed by atoms with Gasteiger partial charge < -0.3 is 20.5 Å². The Morgan fingerprint density at radius 2 is 2.06 bits per heavy atom. The van der Waals surface area contributed by atoms with Gasteiger partial charge in [0.15, 0.2) is 17.4 Å². The molecule has 3 N–H and O–H groups in total. The molecule has 0 aliphatic heterocycles. The summed E-state index contributed by atoms with van der Waals surface area (Å²) in [5.41, 5.74) is 0.895. The van der Waals surface area contributed by atoms with Gasteiger partial charge in [-0.05, 0) is 43.5 Å². The van der Waals surface area contributed by atoms with E-state index in [2.05, 4.69) is 25.6 Å². The first-order valence-corrected chi connectivity index (χ1v) is 10.4. The van der Waals surface area contributed by atoms with Crippen molar-refractivity contribution in [1.29, 1.82) is 0 Å². The molecule has 2 heterocycles. The average Bonchev–Trinajstić information content (AvgIpc) is 2.80. The maximum absolute atomic E-state index is 14.3. The maximum Gasteiger partial charge on any atom is 0.254 e. The highest BCUT2D eigenvalue weighted by Gasteiger charge is 2.17. The fourth-order valence-electron chi connectivity index (χ4n) is 2.93. The van der Waals surface area contributed by atoms with Crippen molar-refractivity contribution in [3.8, 4) is 17.1 Å². The van der Waals surface area contributed by atoms with Gasteiger partial charge in [-0.3, -0.25) is 9.78 Å². The number of carbonyl (C=O) groups is 1. The number of halogens is 2. The molecule has 0 atom stereocenters. The standard InChI is InChI=1S/C22H23ClFN5O3/c1-32-19-13-27-20(15-11-14(23)5-6-17(15)24)29-21(19)28-18-7-9-25-12-16(18)22(31)26-8-3-2-4-10-30/h5-7,9,11-13,30H,2-4,8,10H2,1H3,(H,26,31)(H,25,27,28,29). The number of unbranched alkanes of at least 4 members (excludes halogenated alkanes) is 2. The number of nitrogens with one attached hydrogen (secondary N) is 2. The van der Waals surface area contributed by atoms with E-state index in [0.717, 1.165) is 12.8 Å². The van der Waals surface area contributed by atoms with E-state index >= 15 is 0 Å². The Bertz CT molecular complexity index is 1080. The van der Waals surface area contributed by atoms with Gasteiger partial charge in [-0.25, -0.2) is 14.4 Å². The van der Waals surface area contributed by atoms with Gasteiger partial charge in [0.2, 0.25) is 0 Å². The number of hydrogen-bond acceptors (Lipinski definition) is 7. The van der Waals surface area contributed by atoms with Crippen molar-refractivity contribution in [2.24, 2.45) is 0 Å². The largest absolute Gasteiger partial charge is 0.491 e. The van der Waals surface area contributed by atoms with Crippen molar-refractivity contribution in [3.63, 3.8) is 0 Å². The lowest BCUT2D eigenvalue weighted by Crippen LogP contribution is -2.25. The lowest BCUT2D eigenvalue weighted by Gasteiger charge is -2.14. The van der Waals surface area contributed by atoms with Crippen molar-refractivity contribution in [1.82, 2.24) is 20.3 Å². The fourth-order valence-corrected chi connectivity index (χ4v) is 3.10. The maximum atomic E-state index is 14.3. The van der Waals surface area contributed by atoms with E-state index in [-0.39, 0.29) is 29.7 Å². The summed E-state index contributed by atoms with van der Waals surface area (Å²) >= 11 is 5.99. The number of pyridine rings is 1. The van der Waals surface area contributed by atoms with E-state index < -0.39 is 5.82 Å². The molecule has 3 aromatic rings. The predicted octanol–water partition coefficient (Wildman–Crippen LogP) is 3.98. The Hall–Kier alpha value is -3.30. The van der Waals surface area contributed by atoms with Crippen LogP contribution in [0.25, 0.3) is 11.4 Å². The molecular weight excluding hydrogens is 437 g/mol. The Morgan fingerprint density at radius 3 is 2.84 bits per heavy atom. The second-order valence-corrected chi connectivity index (χ2v) is 7.26. The van der Waals surface area contributed by atoms with Gasteiger partial charge >= 0.3 is 0 Å². The van der Waals surface area contributed by atoms with Crippen LogP contribution in [-0.2, 0) is 0 Å². The van der Waals surface area contributed by atoms with Gasteiger partial charge in [0.1, 0.15) is 5.82 Å². The third kappa shape index (κ3) is 5.89. The topological polar surface area (TPSA) is 109 Å². The van der Waals surface area contributed by atoms with Crippen molar-refractivity contribution in [3.05, 3.63) is 59.3 Å². The van der Waals surface area contributed by atoms with Crippen LogP contribution in [0.2, 0.25) is 5.02 Å². The molecule has 1 aromatic carbocycles. The zero-order valence-corrected chi connectivity index (χ0v) is 18.2. The minimum atomic E-state index is -0.518. The molecule has 32 heavy (non-hydrogen) atoms. The number of anilines is 2. The molecule has 10 heteroatoms. The van der Waals surface area contributed by atoms with Crippen LogP contribution in [0.3, 0.4) is 0 Å². The van der Waals surface area contributed by atoms with Gasteiger partial charge in [0.05, 0.1) is 30.1 Å². The van der Waals surface area contributed by atoms with Crippen LogP contribution in [0, 0.1) is 5.82 Å². The first-order valence-electron chi connectivity index (χ1n) is 10.00. The zero-order valence-electron chi connectivity index (χ0n) is 17.4. The molecule has 3 rings (SSSR count). The number of benzene rings is 1. The molecule has 0 fully saturated rings. The van der Waals surface area contributed by atoms with Crippen LogP contribution in [0.1, 0.15) is 29.6 Å². The smallest absolute Gasteiger partial charge is 0.254 e. The molecule has 8 nitrogen and oxygen atoms in total. The summed E-state index contributed by atoms with van der Waals surface area (Å²) in [7, 11) is 1.45. The molecular formula is C22H23ClFN5O3. The first kappa shape index (κ1) is 23.4. The molecule has 0 spiro atoms. The lowest BCUT2D eigenvalue weighted by atomic mass is 10.2. The van der Waals surface area contributed by atoms with Crippen molar-refractivity contribution >= 4 is 29.0 Å². The summed E-state index contributed by atoms with van der Waals surface area (Å²) < 4.78 is 19.6. The molecule has 0 aliphatic carbocycles. The SMILES string of the molecule is COc1cnc(-c2cc(Cl)ccc2F)nc1Nc1ccncc1C(=O)NCCCCCO. The lowest BCUT2D eigenvalue weighted by molar-refractivity contribution is 0.0953. The number of aliphatic hydroxyl groups is 1. The predicted molar refractivity (Wildman–Crippen MR) is 120 cm³/mol. The number of ether oxygens (including phenoxy) is 1. The summed E-state index contributed by atoms with van der Waals surface area (Å²) in [6, 6.07) is 5.74. The van der Waals surface area contributed by atoms with E-state index in [9.17, 15) is 9.18 Å². The molecule has 0 saturated carbocycles. The highest BCUT2D eigenvalue weighted by molar-refractivity contribution is 6.30. The van der Waals surface area contributed by atoms with E-state index in [4.69, 9.17) is 21.4 Å². The molecule has 0 unspecified atom stereocenters.